The summed E-state index contributed by atoms with van der Waals surface area (Å²) in [5.41, 5.74) is 1.38. The molecule has 0 fully saturated rings. The van der Waals surface area contributed by atoms with Gasteiger partial charge in [0, 0.05) is 24.1 Å². The average Bonchev–Trinajstić information content (AvgIpc) is 2.45. The summed E-state index contributed by atoms with van der Waals surface area (Å²) < 4.78 is 10.1. The van der Waals surface area contributed by atoms with Crippen LogP contribution in [0.5, 0.6) is 11.5 Å². The number of carbonyl (C=O) groups is 1. The maximum atomic E-state index is 12.1. The second kappa shape index (κ2) is 5.90. The van der Waals surface area contributed by atoms with Crippen LogP contribution in [0.25, 0.3) is 0 Å². The molecular weight excluding hydrogens is 276 g/mol. The largest absolute Gasteiger partial charge is 0.504 e. The number of benzene rings is 1. The van der Waals surface area contributed by atoms with Gasteiger partial charge in [0.25, 0.3) is 0 Å². The van der Waals surface area contributed by atoms with E-state index in [0.29, 0.717) is 23.4 Å². The van der Waals surface area contributed by atoms with Gasteiger partial charge in [0.2, 0.25) is 0 Å². The Morgan fingerprint density at radius 1 is 1.52 bits per heavy atom. The van der Waals surface area contributed by atoms with Gasteiger partial charge in [0.15, 0.2) is 11.5 Å². The Labute approximate surface area is 122 Å². The number of aromatic hydroxyl groups is 1. The van der Waals surface area contributed by atoms with E-state index in [-0.39, 0.29) is 24.1 Å². The molecule has 0 spiro atoms. The van der Waals surface area contributed by atoms with Crippen molar-refractivity contribution in [3.05, 3.63) is 17.7 Å². The highest BCUT2D eigenvalue weighted by Crippen LogP contribution is 2.39. The van der Waals surface area contributed by atoms with Gasteiger partial charge in [-0.1, -0.05) is 5.16 Å². The maximum Gasteiger partial charge on any atom is 0.414 e. The van der Waals surface area contributed by atoms with Crippen LogP contribution >= 0.6 is 0 Å². The molecule has 0 bridgehead atoms. The first-order valence-corrected chi connectivity index (χ1v) is 6.61. The van der Waals surface area contributed by atoms with Crippen LogP contribution in [0.4, 0.5) is 10.5 Å². The van der Waals surface area contributed by atoms with Crippen molar-refractivity contribution >= 4 is 17.5 Å². The van der Waals surface area contributed by atoms with Crippen LogP contribution in [0.1, 0.15) is 25.8 Å². The Hall–Kier alpha value is -2.44. The fourth-order valence-electron chi connectivity index (χ4n) is 2.44. The van der Waals surface area contributed by atoms with Crippen LogP contribution in [0, 0.1) is 0 Å². The molecule has 0 radical (unpaired) electrons. The lowest BCUT2D eigenvalue weighted by Crippen LogP contribution is -2.44. The first kappa shape index (κ1) is 15.0. The number of amides is 1. The maximum absolute atomic E-state index is 12.1. The lowest BCUT2D eigenvalue weighted by atomic mass is 9.94. The van der Waals surface area contributed by atoms with E-state index < -0.39 is 6.09 Å². The number of fused-ring (bicyclic) bond motifs is 1. The summed E-state index contributed by atoms with van der Waals surface area (Å²) in [6.45, 7) is 3.78. The van der Waals surface area contributed by atoms with E-state index in [1.807, 2.05) is 6.92 Å². The lowest BCUT2D eigenvalue weighted by molar-refractivity contribution is 0.157. The number of rotatable bonds is 2. The Morgan fingerprint density at radius 2 is 2.24 bits per heavy atom. The van der Waals surface area contributed by atoms with E-state index >= 15 is 0 Å². The monoisotopic (exact) mass is 294 g/mol. The van der Waals surface area contributed by atoms with Crippen molar-refractivity contribution < 1.29 is 24.6 Å². The third-order valence-electron chi connectivity index (χ3n) is 3.38. The van der Waals surface area contributed by atoms with E-state index in [1.165, 1.54) is 24.1 Å². The van der Waals surface area contributed by atoms with E-state index in [4.69, 9.17) is 14.7 Å². The van der Waals surface area contributed by atoms with Gasteiger partial charge in [-0.05, 0) is 19.9 Å². The zero-order valence-corrected chi connectivity index (χ0v) is 12.2. The van der Waals surface area contributed by atoms with Crippen molar-refractivity contribution in [1.29, 1.82) is 0 Å². The van der Waals surface area contributed by atoms with Crippen LogP contribution in [-0.2, 0) is 4.74 Å². The molecule has 7 nitrogen and oxygen atoms in total. The van der Waals surface area contributed by atoms with Crippen molar-refractivity contribution in [3.8, 4) is 11.5 Å². The van der Waals surface area contributed by atoms with Crippen LogP contribution in [0.2, 0.25) is 0 Å². The molecule has 1 aromatic rings. The number of oxime groups is 1. The number of carbonyl (C=O) groups excluding carboxylic acids is 1. The molecule has 2 N–H and O–H groups in total. The fraction of sp³-hybridized carbons (Fsp3) is 0.429. The lowest BCUT2D eigenvalue weighted by Gasteiger charge is -2.34. The zero-order chi connectivity index (χ0) is 15.6. The molecule has 1 unspecified atom stereocenters. The van der Waals surface area contributed by atoms with E-state index in [2.05, 4.69) is 5.16 Å². The number of phenolic OH excluding ortho intramolecular Hbond substituents is 1. The molecule has 1 aliphatic rings. The smallest absolute Gasteiger partial charge is 0.414 e. The molecule has 1 aliphatic heterocycles. The van der Waals surface area contributed by atoms with E-state index in [9.17, 15) is 9.90 Å². The van der Waals surface area contributed by atoms with E-state index in [1.54, 1.807) is 6.92 Å². The van der Waals surface area contributed by atoms with Crippen LogP contribution < -0.4 is 9.64 Å². The first-order valence-electron chi connectivity index (χ1n) is 6.61. The number of methoxy groups -OCH3 is 1. The molecule has 1 heterocycles. The standard InChI is InChI=1S/C14H18N2O5/c1-4-21-14(18)16-8(2)5-10(15-19)9-6-13(20-3)12(17)7-11(9)16/h6-8,17,19H,4-5H2,1-3H3/b15-10-. The van der Waals surface area contributed by atoms with Crippen molar-refractivity contribution in [1.82, 2.24) is 0 Å². The van der Waals surface area contributed by atoms with Crippen molar-refractivity contribution in [3.63, 3.8) is 0 Å². The summed E-state index contributed by atoms with van der Waals surface area (Å²) in [5, 5.41) is 22.4. The molecule has 1 amide bonds. The highest BCUT2D eigenvalue weighted by molar-refractivity contribution is 6.11. The SMILES string of the molecule is CCOC(=O)N1c2cc(O)c(OC)cc2/C(=N\O)CC1C. The molecule has 0 saturated heterocycles. The minimum atomic E-state index is -0.507. The topological polar surface area (TPSA) is 91.6 Å². The number of phenols is 1. The summed E-state index contributed by atoms with van der Waals surface area (Å²) in [6, 6.07) is 2.69. The number of ether oxygens (including phenoxy) is 2. The average molecular weight is 294 g/mol. The second-order valence-corrected chi connectivity index (χ2v) is 4.71. The highest BCUT2D eigenvalue weighted by Gasteiger charge is 2.34. The minimum absolute atomic E-state index is 0.100. The molecule has 0 aromatic heterocycles. The third-order valence-corrected chi connectivity index (χ3v) is 3.38. The zero-order valence-electron chi connectivity index (χ0n) is 12.2. The quantitative estimate of drug-likeness (QED) is 0.645. The van der Waals surface area contributed by atoms with Crippen molar-refractivity contribution in [2.45, 2.75) is 26.3 Å². The Bertz CT molecular complexity index is 585. The molecule has 0 aliphatic carbocycles. The Kier molecular flexibility index (Phi) is 4.21. The second-order valence-electron chi connectivity index (χ2n) is 4.71. The number of anilines is 1. The Balaban J connectivity index is 2.59. The van der Waals surface area contributed by atoms with E-state index in [0.717, 1.165) is 0 Å². The predicted octanol–water partition coefficient (Wildman–Crippen LogP) is 2.33. The fourth-order valence-corrected chi connectivity index (χ4v) is 2.44. The third kappa shape index (κ3) is 2.58. The molecule has 114 valence electrons. The van der Waals surface area contributed by atoms with Crippen molar-refractivity contribution in [2.75, 3.05) is 18.6 Å². The molecule has 0 saturated carbocycles. The summed E-state index contributed by atoms with van der Waals surface area (Å²) in [7, 11) is 1.42. The molecule has 2 rings (SSSR count). The number of hydrogen-bond acceptors (Lipinski definition) is 6. The minimum Gasteiger partial charge on any atom is -0.504 e. The Morgan fingerprint density at radius 3 is 2.81 bits per heavy atom. The summed E-state index contributed by atoms with van der Waals surface area (Å²) in [6.07, 6.45) is -0.135. The normalized spacial score (nSPS) is 19.3. The van der Waals surface area contributed by atoms with Gasteiger partial charge >= 0.3 is 6.09 Å². The van der Waals surface area contributed by atoms with Crippen LogP contribution in [0.15, 0.2) is 17.3 Å². The van der Waals surface area contributed by atoms with Gasteiger partial charge < -0.3 is 19.8 Å². The molecular formula is C14H18N2O5. The van der Waals surface area contributed by atoms with Gasteiger partial charge in [-0.15, -0.1) is 0 Å². The molecule has 1 aromatic carbocycles. The van der Waals surface area contributed by atoms with Crippen LogP contribution in [0.3, 0.4) is 0 Å². The van der Waals surface area contributed by atoms with Crippen LogP contribution in [-0.4, -0.2) is 41.9 Å². The number of nitrogens with zero attached hydrogens (tertiary/aromatic N) is 2. The van der Waals surface area contributed by atoms with Crippen molar-refractivity contribution in [2.24, 2.45) is 5.16 Å². The summed E-state index contributed by atoms with van der Waals surface area (Å²) in [4.78, 5) is 13.6. The molecule has 7 heteroatoms. The predicted molar refractivity (Wildman–Crippen MR) is 76.6 cm³/mol. The highest BCUT2D eigenvalue weighted by atomic mass is 16.6. The molecule has 21 heavy (non-hydrogen) atoms. The summed E-state index contributed by atoms with van der Waals surface area (Å²) in [5.74, 6) is 0.144. The number of hydrogen-bond donors (Lipinski definition) is 2. The van der Waals surface area contributed by atoms with Gasteiger partial charge in [0.1, 0.15) is 0 Å². The summed E-state index contributed by atoms with van der Waals surface area (Å²) >= 11 is 0. The van der Waals surface area contributed by atoms with Gasteiger partial charge in [0.05, 0.1) is 25.1 Å². The first-order chi connectivity index (χ1) is 10.0. The van der Waals surface area contributed by atoms with Gasteiger partial charge in [-0.2, -0.15) is 0 Å². The van der Waals surface area contributed by atoms with Gasteiger partial charge in [-0.25, -0.2) is 4.79 Å². The van der Waals surface area contributed by atoms with Gasteiger partial charge in [-0.3, -0.25) is 4.90 Å². The molecule has 1 atom stereocenters.